The number of hydrogen-bond donors (Lipinski definition) is 4. The summed E-state index contributed by atoms with van der Waals surface area (Å²) in [7, 11) is 0. The van der Waals surface area contributed by atoms with E-state index >= 15 is 0 Å². The summed E-state index contributed by atoms with van der Waals surface area (Å²) in [6.45, 7) is 14.2. The van der Waals surface area contributed by atoms with Crippen LogP contribution in [-0.4, -0.2) is 139 Å². The molecule has 266 valence electrons. The van der Waals surface area contributed by atoms with E-state index in [1.54, 1.807) is 41.5 Å². The molecule has 0 aromatic carbocycles. The lowest BCUT2D eigenvalue weighted by Crippen LogP contribution is -2.51. The lowest BCUT2D eigenvalue weighted by atomic mass is 9.81. The topological polar surface area (TPSA) is 162 Å². The van der Waals surface area contributed by atoms with E-state index in [9.17, 15) is 19.5 Å². The molecule has 0 bridgehead atoms. The molecule has 0 radical (unpaired) electrons. The van der Waals surface area contributed by atoms with Gasteiger partial charge in [0.2, 0.25) is 5.91 Å². The third kappa shape index (κ3) is 23.0. The van der Waals surface area contributed by atoms with Crippen molar-refractivity contribution in [3.05, 3.63) is 0 Å². The van der Waals surface area contributed by atoms with Crippen molar-refractivity contribution in [3.63, 3.8) is 0 Å². The lowest BCUT2D eigenvalue weighted by molar-refractivity contribution is -0.124. The minimum atomic E-state index is -0.881. The molecule has 0 aromatic heterocycles. The van der Waals surface area contributed by atoms with E-state index < -0.39 is 24.5 Å². The SMILES string of the molecule is CC(C)(Br)C(=O)CCC(CNCC(=O)C(C)(C)Br)(CNC(=O)C(C)(C)Br)COCCOCCOCCOCCOCC(O)CO. The minimum absolute atomic E-state index is 0.0215. The highest BCUT2D eigenvalue weighted by atomic mass is 79.9. The zero-order valence-corrected chi connectivity index (χ0v) is 32.4. The van der Waals surface area contributed by atoms with Gasteiger partial charge in [0.15, 0.2) is 5.78 Å². The summed E-state index contributed by atoms with van der Waals surface area (Å²) in [6, 6.07) is 0. The molecule has 0 spiro atoms. The molecule has 15 heteroatoms. The van der Waals surface area contributed by atoms with Crippen LogP contribution < -0.4 is 10.6 Å². The van der Waals surface area contributed by atoms with Gasteiger partial charge in [-0.15, -0.1) is 0 Å². The molecule has 0 aliphatic heterocycles. The molecule has 12 nitrogen and oxygen atoms in total. The van der Waals surface area contributed by atoms with E-state index in [2.05, 4.69) is 58.4 Å². The van der Waals surface area contributed by atoms with Crippen LogP contribution in [0.4, 0.5) is 0 Å². The molecule has 1 amide bonds. The molecule has 0 heterocycles. The second kappa shape index (κ2) is 23.3. The fourth-order valence-corrected chi connectivity index (χ4v) is 4.04. The highest BCUT2D eigenvalue weighted by Gasteiger charge is 2.36. The van der Waals surface area contributed by atoms with Crippen molar-refractivity contribution in [2.24, 2.45) is 5.41 Å². The van der Waals surface area contributed by atoms with E-state index in [1.807, 2.05) is 0 Å². The zero-order chi connectivity index (χ0) is 34.6. The Bertz CT molecular complexity index is 815. The summed E-state index contributed by atoms with van der Waals surface area (Å²) >= 11 is 10.2. The Morgan fingerprint density at radius 3 is 1.60 bits per heavy atom. The number of aliphatic hydroxyl groups excluding tert-OH is 2. The Morgan fingerprint density at radius 2 is 1.16 bits per heavy atom. The molecule has 0 aliphatic rings. The van der Waals surface area contributed by atoms with Gasteiger partial charge in [-0.25, -0.2) is 0 Å². The van der Waals surface area contributed by atoms with Crippen molar-refractivity contribution in [1.82, 2.24) is 10.6 Å². The summed E-state index contributed by atoms with van der Waals surface area (Å²) in [5.41, 5.74) is -0.675. The molecule has 45 heavy (non-hydrogen) atoms. The van der Waals surface area contributed by atoms with Crippen LogP contribution in [0.3, 0.4) is 0 Å². The molecular weight excluding hydrogens is 788 g/mol. The standard InChI is InChI=1S/C30H55Br3N2O10/c1-27(2,31)24(38)7-8-30(21-35-26(40)29(5,6)33,20-34-17-25(39)28(3,4)32)22-45-16-14-43-12-10-41-9-11-42-13-15-44-19-23(37)18-36/h23,34,36-37H,7-22H2,1-6H3,(H,35,40). The van der Waals surface area contributed by atoms with E-state index in [1.165, 1.54) is 0 Å². The van der Waals surface area contributed by atoms with E-state index in [4.69, 9.17) is 28.8 Å². The molecule has 4 N–H and O–H groups in total. The van der Waals surface area contributed by atoms with E-state index in [0.717, 1.165) is 0 Å². The summed E-state index contributed by atoms with van der Waals surface area (Å²) in [6.07, 6.45) is -0.198. The van der Waals surface area contributed by atoms with Crippen LogP contribution in [0, 0.1) is 5.41 Å². The monoisotopic (exact) mass is 840 g/mol. The molecule has 0 saturated carbocycles. The summed E-state index contributed by atoms with van der Waals surface area (Å²) in [5, 5.41) is 24.1. The second-order valence-corrected chi connectivity index (χ2v) is 18.3. The van der Waals surface area contributed by atoms with Crippen molar-refractivity contribution in [2.75, 3.05) is 92.3 Å². The molecule has 0 aromatic rings. The number of hydrogen-bond acceptors (Lipinski definition) is 11. The van der Waals surface area contributed by atoms with Gasteiger partial charge >= 0.3 is 0 Å². The molecule has 0 fully saturated rings. The molecule has 0 aliphatic carbocycles. The van der Waals surface area contributed by atoms with Crippen LogP contribution >= 0.6 is 47.8 Å². The highest BCUT2D eigenvalue weighted by molar-refractivity contribution is 9.10. The first-order valence-corrected chi connectivity index (χ1v) is 17.5. The van der Waals surface area contributed by atoms with Crippen molar-refractivity contribution < 1.29 is 48.3 Å². The molecule has 0 rings (SSSR count). The van der Waals surface area contributed by atoms with Gasteiger partial charge in [-0.05, 0) is 48.0 Å². The number of halogens is 3. The Kier molecular flexibility index (Phi) is 23.3. The molecule has 0 saturated heterocycles. The number of aliphatic hydroxyl groups is 2. The van der Waals surface area contributed by atoms with Gasteiger partial charge in [0.25, 0.3) is 0 Å². The third-order valence-corrected chi connectivity index (χ3v) is 7.82. The van der Waals surface area contributed by atoms with Crippen molar-refractivity contribution in [1.29, 1.82) is 0 Å². The Hall–Kier alpha value is -0.0700. The van der Waals surface area contributed by atoms with Gasteiger partial charge in [0, 0.05) is 24.9 Å². The maximum Gasteiger partial charge on any atom is 0.236 e. The highest BCUT2D eigenvalue weighted by Crippen LogP contribution is 2.29. The molecule has 2 unspecified atom stereocenters. The number of rotatable bonds is 29. The van der Waals surface area contributed by atoms with Crippen LogP contribution in [0.2, 0.25) is 0 Å². The van der Waals surface area contributed by atoms with Crippen molar-refractivity contribution in [3.8, 4) is 0 Å². The predicted molar refractivity (Wildman–Crippen MR) is 184 cm³/mol. The first-order chi connectivity index (χ1) is 20.8. The maximum atomic E-state index is 12.8. The van der Waals surface area contributed by atoms with E-state index in [-0.39, 0.29) is 56.8 Å². The number of carbonyl (C=O) groups is 3. The normalized spacial score (nSPS) is 14.6. The molecular formula is C30H55Br3N2O10. The Morgan fingerprint density at radius 1 is 0.689 bits per heavy atom. The largest absolute Gasteiger partial charge is 0.394 e. The fourth-order valence-electron chi connectivity index (χ4n) is 3.56. The van der Waals surface area contributed by atoms with Crippen LogP contribution in [-0.2, 0) is 38.1 Å². The van der Waals surface area contributed by atoms with Crippen LogP contribution in [0.1, 0.15) is 54.4 Å². The first-order valence-electron chi connectivity index (χ1n) is 15.1. The van der Waals surface area contributed by atoms with Gasteiger partial charge in [-0.2, -0.15) is 0 Å². The number of Topliss-reactive ketones (excluding diaryl/α,β-unsaturated/α-hetero) is 2. The minimum Gasteiger partial charge on any atom is -0.394 e. The third-order valence-electron chi connectivity index (χ3n) is 6.58. The number of carbonyl (C=O) groups excluding carboxylic acids is 3. The van der Waals surface area contributed by atoms with Gasteiger partial charge in [0.05, 0.1) is 92.2 Å². The Labute approximate surface area is 294 Å². The average Bonchev–Trinajstić information content (AvgIpc) is 2.94. The average molecular weight is 843 g/mol. The van der Waals surface area contributed by atoms with E-state index in [0.29, 0.717) is 65.8 Å². The summed E-state index contributed by atoms with van der Waals surface area (Å²) < 4.78 is 25.5. The van der Waals surface area contributed by atoms with Crippen LogP contribution in [0.25, 0.3) is 0 Å². The van der Waals surface area contributed by atoms with Crippen LogP contribution in [0.5, 0.6) is 0 Å². The first kappa shape index (κ1) is 44.9. The van der Waals surface area contributed by atoms with Gasteiger partial charge < -0.3 is 44.5 Å². The lowest BCUT2D eigenvalue weighted by Gasteiger charge is -2.35. The smallest absolute Gasteiger partial charge is 0.236 e. The number of ether oxygens (including phenoxy) is 5. The molecule has 2 atom stereocenters. The number of alkyl halides is 3. The maximum absolute atomic E-state index is 12.8. The fraction of sp³-hybridized carbons (Fsp3) is 0.900. The zero-order valence-electron chi connectivity index (χ0n) is 27.7. The second-order valence-electron chi connectivity index (χ2n) is 12.4. The number of nitrogens with one attached hydrogen (secondary N) is 2. The van der Waals surface area contributed by atoms with Gasteiger partial charge in [0.1, 0.15) is 11.9 Å². The van der Waals surface area contributed by atoms with Gasteiger partial charge in [-0.1, -0.05) is 47.8 Å². The Balaban J connectivity index is 4.89. The number of amides is 1. The van der Waals surface area contributed by atoms with Crippen molar-refractivity contribution in [2.45, 2.75) is 73.5 Å². The summed E-state index contributed by atoms with van der Waals surface area (Å²) in [5.74, 6) is -0.194. The van der Waals surface area contributed by atoms with Crippen molar-refractivity contribution >= 4 is 65.3 Å². The predicted octanol–water partition coefficient (Wildman–Crippen LogP) is 2.55. The quantitative estimate of drug-likeness (QED) is 0.0648. The van der Waals surface area contributed by atoms with Crippen LogP contribution in [0.15, 0.2) is 0 Å². The number of ketones is 2. The van der Waals surface area contributed by atoms with Gasteiger partial charge in [-0.3, -0.25) is 14.4 Å². The summed E-state index contributed by atoms with van der Waals surface area (Å²) in [4.78, 5) is 38.1.